The first kappa shape index (κ1) is 10.3. The van der Waals surface area contributed by atoms with Crippen LogP contribution in [-0.4, -0.2) is 15.1 Å². The highest BCUT2D eigenvalue weighted by atomic mass is 31.0. The molecule has 0 saturated heterocycles. The highest BCUT2D eigenvalue weighted by Gasteiger charge is 2.01. The van der Waals surface area contributed by atoms with Gasteiger partial charge in [0.15, 0.2) is 0 Å². The Morgan fingerprint density at radius 1 is 1.40 bits per heavy atom. The summed E-state index contributed by atoms with van der Waals surface area (Å²) < 4.78 is 2.09. The summed E-state index contributed by atoms with van der Waals surface area (Å²) >= 11 is 0. The molecule has 78 valence electrons. The zero-order valence-electron chi connectivity index (χ0n) is 8.39. The van der Waals surface area contributed by atoms with Gasteiger partial charge in [0.1, 0.15) is 5.52 Å². The van der Waals surface area contributed by atoms with Crippen LogP contribution in [0.3, 0.4) is 0 Å². The summed E-state index contributed by atoms with van der Waals surface area (Å²) in [6.45, 7) is 0.848. The Morgan fingerprint density at radius 3 is 3.00 bits per heavy atom. The molecule has 0 spiro atoms. The molecule has 2 rings (SSSR count). The molecule has 1 aromatic carbocycles. The van der Waals surface area contributed by atoms with Gasteiger partial charge in [-0.2, -0.15) is 0 Å². The number of aromatic nitrogens is 2. The Balaban J connectivity index is 2.11. The average Bonchev–Trinajstić information content (AvgIpc) is 2.62. The van der Waals surface area contributed by atoms with Crippen molar-refractivity contribution in [2.24, 2.45) is 0 Å². The van der Waals surface area contributed by atoms with Crippen LogP contribution in [0.4, 0.5) is 0 Å². The van der Waals surface area contributed by atoms with Gasteiger partial charge in [-0.3, -0.25) is 4.79 Å². The summed E-state index contributed by atoms with van der Waals surface area (Å²) in [5, 5.41) is 0. The van der Waals surface area contributed by atoms with Crippen LogP contribution in [-0.2, 0) is 11.3 Å². The number of carbonyl (C=O) groups is 1. The van der Waals surface area contributed by atoms with Crippen molar-refractivity contribution in [3.05, 3.63) is 30.6 Å². The van der Waals surface area contributed by atoms with Gasteiger partial charge in [0.25, 0.3) is 0 Å². The maximum Gasteiger partial charge on any atom is 0.148 e. The van der Waals surface area contributed by atoms with Gasteiger partial charge in [-0.15, -0.1) is 0 Å². The minimum absolute atomic E-state index is 0.166. The topological polar surface area (TPSA) is 34.9 Å². The van der Waals surface area contributed by atoms with Crippen molar-refractivity contribution in [1.29, 1.82) is 0 Å². The summed E-state index contributed by atoms with van der Waals surface area (Å²) in [6.07, 6.45) is 3.30. The largest absolute Gasteiger partial charge is 0.331 e. The molecule has 4 heteroatoms. The molecular weight excluding hydrogens is 207 g/mol. The van der Waals surface area contributed by atoms with Crippen LogP contribution in [0.2, 0.25) is 0 Å². The van der Waals surface area contributed by atoms with Crippen molar-refractivity contribution in [2.75, 3.05) is 0 Å². The second kappa shape index (κ2) is 4.54. The first-order chi connectivity index (χ1) is 7.27. The summed E-state index contributed by atoms with van der Waals surface area (Å²) in [6, 6.07) is 8.02. The summed E-state index contributed by atoms with van der Waals surface area (Å²) in [7, 11) is 2.21. The van der Waals surface area contributed by atoms with Gasteiger partial charge in [-0.1, -0.05) is 21.4 Å². The SMILES string of the molecule is O=C(P)CCCn1cnc2ccccc21. The van der Waals surface area contributed by atoms with Crippen molar-refractivity contribution in [1.82, 2.24) is 9.55 Å². The van der Waals surface area contributed by atoms with Gasteiger partial charge in [-0.05, 0) is 18.6 Å². The fraction of sp³-hybridized carbons (Fsp3) is 0.273. The lowest BCUT2D eigenvalue weighted by atomic mass is 10.3. The van der Waals surface area contributed by atoms with E-state index in [4.69, 9.17) is 0 Å². The van der Waals surface area contributed by atoms with Crippen molar-refractivity contribution in [3.63, 3.8) is 0 Å². The van der Waals surface area contributed by atoms with Crippen LogP contribution in [0.1, 0.15) is 12.8 Å². The Morgan fingerprint density at radius 2 is 2.20 bits per heavy atom. The number of fused-ring (bicyclic) bond motifs is 1. The van der Waals surface area contributed by atoms with Crippen LogP contribution >= 0.6 is 9.24 Å². The lowest BCUT2D eigenvalue weighted by molar-refractivity contribution is -0.111. The molecule has 1 unspecified atom stereocenters. The second-order valence-corrected chi connectivity index (χ2v) is 4.14. The molecule has 0 fully saturated rings. The van der Waals surface area contributed by atoms with Crippen molar-refractivity contribution >= 4 is 25.8 Å². The molecule has 0 bridgehead atoms. The van der Waals surface area contributed by atoms with E-state index in [1.807, 2.05) is 30.6 Å². The normalized spacial score (nSPS) is 10.7. The van der Waals surface area contributed by atoms with Crippen molar-refractivity contribution < 1.29 is 4.79 Å². The molecule has 1 aromatic heterocycles. The summed E-state index contributed by atoms with van der Waals surface area (Å²) in [5.41, 5.74) is 2.31. The number of nitrogens with zero attached hydrogens (tertiary/aromatic N) is 2. The smallest absolute Gasteiger partial charge is 0.148 e. The van der Waals surface area contributed by atoms with E-state index in [-0.39, 0.29) is 5.52 Å². The maximum absolute atomic E-state index is 10.8. The third-order valence-corrected chi connectivity index (χ3v) is 2.64. The fourth-order valence-corrected chi connectivity index (χ4v) is 1.82. The molecule has 0 amide bonds. The van der Waals surface area contributed by atoms with E-state index >= 15 is 0 Å². The van der Waals surface area contributed by atoms with Gasteiger partial charge in [0.05, 0.1) is 17.4 Å². The predicted octanol–water partition coefficient (Wildman–Crippen LogP) is 2.22. The van der Waals surface area contributed by atoms with Crippen LogP contribution in [0, 0.1) is 0 Å². The van der Waals surface area contributed by atoms with E-state index in [1.165, 1.54) is 0 Å². The van der Waals surface area contributed by atoms with Crippen molar-refractivity contribution in [2.45, 2.75) is 19.4 Å². The zero-order chi connectivity index (χ0) is 10.7. The van der Waals surface area contributed by atoms with Gasteiger partial charge >= 0.3 is 0 Å². The van der Waals surface area contributed by atoms with Crippen LogP contribution in [0.25, 0.3) is 11.0 Å². The van der Waals surface area contributed by atoms with Crippen LogP contribution in [0.5, 0.6) is 0 Å². The molecular formula is C11H13N2OP. The number of imidazole rings is 1. The molecule has 15 heavy (non-hydrogen) atoms. The molecule has 0 N–H and O–H groups in total. The number of rotatable bonds is 4. The van der Waals surface area contributed by atoms with Gasteiger partial charge in [0, 0.05) is 13.0 Å². The van der Waals surface area contributed by atoms with E-state index in [2.05, 4.69) is 18.8 Å². The fourth-order valence-electron chi connectivity index (χ4n) is 1.61. The number of hydrogen-bond acceptors (Lipinski definition) is 2. The first-order valence-corrected chi connectivity index (χ1v) is 5.53. The van der Waals surface area contributed by atoms with E-state index in [9.17, 15) is 4.79 Å². The van der Waals surface area contributed by atoms with Crippen LogP contribution in [0.15, 0.2) is 30.6 Å². The number of para-hydroxylation sites is 2. The standard InChI is InChI=1S/C11H13N2OP/c14-11(15)6-3-7-13-8-12-9-4-1-2-5-10(9)13/h1-2,4-5,8H,3,6-7,15H2. The number of hydrogen-bond donors (Lipinski definition) is 0. The molecule has 2 aromatic rings. The highest BCUT2D eigenvalue weighted by Crippen LogP contribution is 2.12. The molecule has 0 aliphatic carbocycles. The maximum atomic E-state index is 10.8. The molecule has 0 aliphatic rings. The quantitative estimate of drug-likeness (QED) is 0.740. The monoisotopic (exact) mass is 220 g/mol. The Bertz CT molecular complexity index is 478. The molecule has 0 radical (unpaired) electrons. The highest BCUT2D eigenvalue weighted by molar-refractivity contribution is 7.40. The van der Waals surface area contributed by atoms with Gasteiger partial charge < -0.3 is 4.57 Å². The zero-order valence-corrected chi connectivity index (χ0v) is 9.54. The van der Waals surface area contributed by atoms with E-state index < -0.39 is 0 Å². The lowest BCUT2D eigenvalue weighted by Crippen LogP contribution is -1.97. The van der Waals surface area contributed by atoms with Crippen LogP contribution < -0.4 is 0 Å². The average molecular weight is 220 g/mol. The third-order valence-electron chi connectivity index (χ3n) is 2.35. The number of aryl methyl sites for hydroxylation is 1. The van der Waals surface area contributed by atoms with E-state index in [0.29, 0.717) is 6.42 Å². The third kappa shape index (κ3) is 2.42. The minimum Gasteiger partial charge on any atom is -0.331 e. The van der Waals surface area contributed by atoms with Crippen molar-refractivity contribution in [3.8, 4) is 0 Å². The Hall–Kier alpha value is -1.21. The second-order valence-electron chi connectivity index (χ2n) is 3.50. The Labute approximate surface area is 90.7 Å². The summed E-state index contributed by atoms with van der Waals surface area (Å²) in [5.74, 6) is 0. The molecule has 0 saturated carbocycles. The molecule has 3 nitrogen and oxygen atoms in total. The molecule has 1 atom stereocenters. The van der Waals surface area contributed by atoms with E-state index in [0.717, 1.165) is 24.0 Å². The minimum atomic E-state index is 0.166. The number of benzene rings is 1. The number of carbonyl (C=O) groups excluding carboxylic acids is 1. The molecule has 1 heterocycles. The lowest BCUT2D eigenvalue weighted by Gasteiger charge is -2.02. The summed E-state index contributed by atoms with van der Waals surface area (Å²) in [4.78, 5) is 15.1. The van der Waals surface area contributed by atoms with E-state index in [1.54, 1.807) is 0 Å². The Kier molecular flexibility index (Phi) is 3.12. The molecule has 0 aliphatic heterocycles. The predicted molar refractivity (Wildman–Crippen MR) is 63.7 cm³/mol. The first-order valence-electron chi connectivity index (χ1n) is 4.95. The van der Waals surface area contributed by atoms with Gasteiger partial charge in [0.2, 0.25) is 0 Å². The van der Waals surface area contributed by atoms with Gasteiger partial charge in [-0.25, -0.2) is 4.98 Å².